The maximum atomic E-state index is 12.4. The molecule has 1 fully saturated rings. The highest BCUT2D eigenvalue weighted by atomic mass is 32.2. The van der Waals surface area contributed by atoms with E-state index in [0.717, 1.165) is 5.92 Å². The van der Waals surface area contributed by atoms with Gasteiger partial charge in [0.1, 0.15) is 4.99 Å². The van der Waals surface area contributed by atoms with Crippen molar-refractivity contribution in [1.82, 2.24) is 4.90 Å². The summed E-state index contributed by atoms with van der Waals surface area (Å²) in [6.45, 7) is 2.70. The van der Waals surface area contributed by atoms with Crippen molar-refractivity contribution < 1.29 is 8.42 Å². The van der Waals surface area contributed by atoms with Crippen molar-refractivity contribution in [3.05, 3.63) is 29.8 Å². The Hall–Kier alpha value is -0.980. The highest BCUT2D eigenvalue weighted by Gasteiger charge is 2.30. The standard InChI is InChI=1S/C15H22N2O2S2/c1-11(12-6-7-12)17(2)8-9-21(18,19)14-5-3-4-13(10-14)15(16)20/h3-5,10-12H,6-9H2,1-2H3,(H2,16,20). The fourth-order valence-electron chi connectivity index (χ4n) is 2.37. The molecule has 116 valence electrons. The first-order valence-electron chi connectivity index (χ1n) is 7.14. The molecule has 6 heteroatoms. The smallest absolute Gasteiger partial charge is 0.179 e. The summed E-state index contributed by atoms with van der Waals surface area (Å²) in [4.78, 5) is 2.64. The number of nitrogens with zero attached hydrogens (tertiary/aromatic N) is 1. The quantitative estimate of drug-likeness (QED) is 0.775. The molecule has 2 rings (SSSR count). The summed E-state index contributed by atoms with van der Waals surface area (Å²) >= 11 is 4.90. The van der Waals surface area contributed by atoms with Crippen LogP contribution in [0.15, 0.2) is 29.2 Å². The topological polar surface area (TPSA) is 63.4 Å². The molecule has 0 bridgehead atoms. The van der Waals surface area contributed by atoms with E-state index in [1.807, 2.05) is 7.05 Å². The van der Waals surface area contributed by atoms with E-state index < -0.39 is 9.84 Å². The summed E-state index contributed by atoms with van der Waals surface area (Å²) in [7, 11) is -1.32. The summed E-state index contributed by atoms with van der Waals surface area (Å²) < 4.78 is 24.8. The van der Waals surface area contributed by atoms with Gasteiger partial charge in [0.05, 0.1) is 10.6 Å². The van der Waals surface area contributed by atoms with Crippen LogP contribution in [0.5, 0.6) is 0 Å². The lowest BCUT2D eigenvalue weighted by atomic mass is 10.2. The second-order valence-corrected chi connectivity index (χ2v) is 8.32. The van der Waals surface area contributed by atoms with Crippen molar-refractivity contribution in [2.75, 3.05) is 19.3 Å². The zero-order chi connectivity index (χ0) is 15.6. The average Bonchev–Trinajstić information content (AvgIpc) is 3.28. The Balaban J connectivity index is 2.04. The van der Waals surface area contributed by atoms with Crippen LogP contribution in [0.3, 0.4) is 0 Å². The molecule has 0 radical (unpaired) electrons. The molecule has 2 N–H and O–H groups in total. The molecule has 1 saturated carbocycles. The van der Waals surface area contributed by atoms with Gasteiger partial charge in [-0.3, -0.25) is 0 Å². The van der Waals surface area contributed by atoms with Crippen molar-refractivity contribution >= 4 is 27.0 Å². The van der Waals surface area contributed by atoms with Gasteiger partial charge >= 0.3 is 0 Å². The van der Waals surface area contributed by atoms with Gasteiger partial charge in [-0.1, -0.05) is 24.4 Å². The van der Waals surface area contributed by atoms with E-state index in [-0.39, 0.29) is 10.7 Å². The molecule has 4 nitrogen and oxygen atoms in total. The normalized spacial score (nSPS) is 16.9. The van der Waals surface area contributed by atoms with E-state index >= 15 is 0 Å². The van der Waals surface area contributed by atoms with Crippen LogP contribution in [-0.2, 0) is 9.84 Å². The number of hydrogen-bond donors (Lipinski definition) is 1. The zero-order valence-corrected chi connectivity index (χ0v) is 14.1. The SMILES string of the molecule is CC(C1CC1)N(C)CCS(=O)(=O)c1cccc(C(N)=S)c1. The van der Waals surface area contributed by atoms with E-state index in [4.69, 9.17) is 18.0 Å². The molecular weight excluding hydrogens is 304 g/mol. The monoisotopic (exact) mass is 326 g/mol. The first-order chi connectivity index (χ1) is 9.81. The Morgan fingerprint density at radius 3 is 2.71 bits per heavy atom. The van der Waals surface area contributed by atoms with Crippen LogP contribution in [0.4, 0.5) is 0 Å². The molecule has 1 atom stereocenters. The fraction of sp³-hybridized carbons (Fsp3) is 0.533. The summed E-state index contributed by atoms with van der Waals surface area (Å²) in [6.07, 6.45) is 2.52. The first-order valence-corrected chi connectivity index (χ1v) is 9.20. The lowest BCUT2D eigenvalue weighted by Gasteiger charge is -2.24. The highest BCUT2D eigenvalue weighted by Crippen LogP contribution is 2.34. The molecule has 0 aromatic heterocycles. The van der Waals surface area contributed by atoms with Crippen LogP contribution in [0, 0.1) is 5.92 Å². The Labute approximate surface area is 132 Å². The zero-order valence-electron chi connectivity index (χ0n) is 12.5. The third-order valence-electron chi connectivity index (χ3n) is 4.19. The van der Waals surface area contributed by atoms with Gasteiger partial charge in [-0.05, 0) is 44.9 Å². The largest absolute Gasteiger partial charge is 0.389 e. The van der Waals surface area contributed by atoms with Gasteiger partial charge in [-0.2, -0.15) is 0 Å². The second kappa shape index (κ2) is 6.42. The van der Waals surface area contributed by atoms with Crippen molar-refractivity contribution in [3.63, 3.8) is 0 Å². The van der Waals surface area contributed by atoms with Crippen LogP contribution in [0.2, 0.25) is 0 Å². The number of benzene rings is 1. The molecular formula is C15H22N2O2S2. The predicted octanol–water partition coefficient (Wildman–Crippen LogP) is 1.82. The van der Waals surface area contributed by atoms with E-state index in [1.165, 1.54) is 12.8 Å². The molecule has 1 unspecified atom stereocenters. The van der Waals surface area contributed by atoms with Gasteiger partial charge in [-0.15, -0.1) is 0 Å². The molecule has 0 spiro atoms. The predicted molar refractivity (Wildman–Crippen MR) is 89.2 cm³/mol. The highest BCUT2D eigenvalue weighted by molar-refractivity contribution is 7.91. The maximum absolute atomic E-state index is 12.4. The van der Waals surface area contributed by atoms with Crippen molar-refractivity contribution in [2.45, 2.75) is 30.7 Å². The van der Waals surface area contributed by atoms with Gasteiger partial charge in [-0.25, -0.2) is 8.42 Å². The Kier molecular flexibility index (Phi) is 5.01. The minimum absolute atomic E-state index is 0.112. The lowest BCUT2D eigenvalue weighted by molar-refractivity contribution is 0.247. The Morgan fingerprint density at radius 1 is 1.48 bits per heavy atom. The van der Waals surface area contributed by atoms with Crippen LogP contribution >= 0.6 is 12.2 Å². The van der Waals surface area contributed by atoms with E-state index in [9.17, 15) is 8.42 Å². The average molecular weight is 326 g/mol. The van der Waals surface area contributed by atoms with Gasteiger partial charge in [0, 0.05) is 18.2 Å². The molecule has 0 amide bonds. The lowest BCUT2D eigenvalue weighted by Crippen LogP contribution is -2.34. The van der Waals surface area contributed by atoms with E-state index in [1.54, 1.807) is 24.3 Å². The van der Waals surface area contributed by atoms with Gasteiger partial charge in [0.25, 0.3) is 0 Å². The van der Waals surface area contributed by atoms with Gasteiger partial charge < -0.3 is 10.6 Å². The third kappa shape index (κ3) is 4.25. The van der Waals surface area contributed by atoms with Crippen LogP contribution in [0.25, 0.3) is 0 Å². The fourth-order valence-corrected chi connectivity index (χ4v) is 3.85. The number of hydrogen-bond acceptors (Lipinski definition) is 4. The minimum atomic E-state index is -3.31. The summed E-state index contributed by atoms with van der Waals surface area (Å²) in [5.41, 5.74) is 6.15. The molecule has 1 aromatic carbocycles. The molecule has 1 aliphatic carbocycles. The van der Waals surface area contributed by atoms with E-state index in [0.29, 0.717) is 23.0 Å². The molecule has 0 aliphatic heterocycles. The van der Waals surface area contributed by atoms with Gasteiger partial charge in [0.2, 0.25) is 0 Å². The van der Waals surface area contributed by atoms with Crippen molar-refractivity contribution in [1.29, 1.82) is 0 Å². The summed E-state index contributed by atoms with van der Waals surface area (Å²) in [5, 5.41) is 0. The maximum Gasteiger partial charge on any atom is 0.179 e. The Morgan fingerprint density at radius 2 is 2.14 bits per heavy atom. The van der Waals surface area contributed by atoms with Crippen LogP contribution < -0.4 is 5.73 Å². The van der Waals surface area contributed by atoms with Crippen LogP contribution in [0.1, 0.15) is 25.3 Å². The van der Waals surface area contributed by atoms with Crippen molar-refractivity contribution in [3.8, 4) is 0 Å². The van der Waals surface area contributed by atoms with Crippen molar-refractivity contribution in [2.24, 2.45) is 11.7 Å². The van der Waals surface area contributed by atoms with Crippen LogP contribution in [-0.4, -0.2) is 43.7 Å². The molecule has 0 saturated heterocycles. The Bertz CT molecular complexity index is 624. The number of sulfone groups is 1. The minimum Gasteiger partial charge on any atom is -0.389 e. The molecule has 0 heterocycles. The van der Waals surface area contributed by atoms with Gasteiger partial charge in [0.15, 0.2) is 9.84 Å². The number of rotatable bonds is 7. The summed E-state index contributed by atoms with van der Waals surface area (Å²) in [5.74, 6) is 0.845. The van der Waals surface area contributed by atoms with E-state index in [2.05, 4.69) is 11.8 Å². The molecule has 1 aliphatic rings. The molecule has 1 aromatic rings. The number of thiocarbonyl (C=S) groups is 1. The third-order valence-corrected chi connectivity index (χ3v) is 6.12. The number of nitrogens with two attached hydrogens (primary N) is 1. The second-order valence-electron chi connectivity index (χ2n) is 5.77. The molecule has 21 heavy (non-hydrogen) atoms. The first kappa shape index (κ1) is 16.4. The summed E-state index contributed by atoms with van der Waals surface area (Å²) in [6, 6.07) is 7.01.